The van der Waals surface area contributed by atoms with Crippen LogP contribution in [0.5, 0.6) is 5.75 Å². The van der Waals surface area contributed by atoms with Crippen molar-refractivity contribution in [3.8, 4) is 5.75 Å². The predicted octanol–water partition coefficient (Wildman–Crippen LogP) is -0.0726. The van der Waals surface area contributed by atoms with Crippen LogP contribution < -0.4 is 10.6 Å². The predicted molar refractivity (Wildman–Crippen MR) is 73.8 cm³/mol. The minimum Gasteiger partial charge on any atom is -0.507 e. The summed E-state index contributed by atoms with van der Waals surface area (Å²) in [7, 11) is 0. The van der Waals surface area contributed by atoms with Gasteiger partial charge < -0.3 is 20.8 Å². The minimum absolute atomic E-state index is 0.0245. The Morgan fingerprint density at radius 2 is 1.84 bits per heavy atom. The van der Waals surface area contributed by atoms with Crippen LogP contribution in [0.2, 0.25) is 0 Å². The molecule has 4 N–H and O–H groups in total. The number of aromatic hydroxyl groups is 1. The Balaban J connectivity index is 2.49. The van der Waals surface area contributed by atoms with E-state index in [2.05, 4.69) is 10.6 Å². The molecule has 0 bridgehead atoms. The van der Waals surface area contributed by atoms with Gasteiger partial charge in [0.2, 0.25) is 5.91 Å². The number of hydrogen-bond acceptors (Lipinski definition) is 4. The molecule has 0 saturated carbocycles. The molecule has 7 nitrogen and oxygen atoms in total. The van der Waals surface area contributed by atoms with E-state index in [4.69, 9.17) is 5.11 Å². The fourth-order valence-corrected chi connectivity index (χ4v) is 1.49. The normalized spacial score (nSPS) is 9.74. The molecule has 0 aliphatic heterocycles. The standard InChI is InChI=1S/C11H11IN2O5/c12-7-2-1-6(3-8(7)15)11(19)14-4-9(16)13-5-10(17)18/h1-3,15H,4-5H2,(H,13,16)(H,14,19)(H,17,18). The van der Waals surface area contributed by atoms with Gasteiger partial charge in [-0.3, -0.25) is 14.4 Å². The fraction of sp³-hybridized carbons (Fsp3) is 0.182. The molecule has 1 rings (SSSR count). The van der Waals surface area contributed by atoms with E-state index in [-0.39, 0.29) is 17.9 Å². The molecule has 0 spiro atoms. The number of halogens is 1. The Morgan fingerprint density at radius 3 is 2.42 bits per heavy atom. The lowest BCUT2D eigenvalue weighted by Crippen LogP contribution is -2.39. The number of hydrogen-bond donors (Lipinski definition) is 4. The number of aliphatic carboxylic acids is 1. The van der Waals surface area contributed by atoms with Crippen LogP contribution in [0.3, 0.4) is 0 Å². The van der Waals surface area contributed by atoms with Crippen LogP contribution in [-0.2, 0) is 9.59 Å². The molecule has 0 unspecified atom stereocenters. The van der Waals surface area contributed by atoms with E-state index in [9.17, 15) is 19.5 Å². The lowest BCUT2D eigenvalue weighted by molar-refractivity contribution is -0.137. The molecule has 0 aromatic heterocycles. The summed E-state index contributed by atoms with van der Waals surface area (Å²) >= 11 is 1.91. The van der Waals surface area contributed by atoms with Gasteiger partial charge in [0.05, 0.1) is 10.1 Å². The van der Waals surface area contributed by atoms with Gasteiger partial charge in [0, 0.05) is 5.56 Å². The lowest BCUT2D eigenvalue weighted by Gasteiger charge is -2.06. The number of rotatable bonds is 5. The second-order valence-corrected chi connectivity index (χ2v) is 4.68. The number of carboxylic acids is 1. The summed E-state index contributed by atoms with van der Waals surface area (Å²) in [4.78, 5) is 33.0. The number of nitrogens with one attached hydrogen (secondary N) is 2. The van der Waals surface area contributed by atoms with Crippen molar-refractivity contribution in [1.82, 2.24) is 10.6 Å². The van der Waals surface area contributed by atoms with Crippen LogP contribution in [-0.4, -0.2) is 41.1 Å². The maximum Gasteiger partial charge on any atom is 0.322 e. The highest BCUT2D eigenvalue weighted by molar-refractivity contribution is 14.1. The maximum atomic E-state index is 11.6. The highest BCUT2D eigenvalue weighted by atomic mass is 127. The summed E-state index contributed by atoms with van der Waals surface area (Å²) in [6.45, 7) is -0.835. The highest BCUT2D eigenvalue weighted by Gasteiger charge is 2.10. The molecule has 0 atom stereocenters. The summed E-state index contributed by atoms with van der Waals surface area (Å²) in [6.07, 6.45) is 0. The van der Waals surface area contributed by atoms with Crippen molar-refractivity contribution in [2.75, 3.05) is 13.1 Å². The van der Waals surface area contributed by atoms with Crippen LogP contribution in [0.15, 0.2) is 18.2 Å². The Kier molecular flexibility index (Phi) is 5.55. The summed E-state index contributed by atoms with van der Waals surface area (Å²) in [5.74, 6) is -2.33. The SMILES string of the molecule is O=C(O)CNC(=O)CNC(=O)c1ccc(I)c(O)c1. The van der Waals surface area contributed by atoms with Crippen LogP contribution in [0.4, 0.5) is 0 Å². The van der Waals surface area contributed by atoms with Crippen molar-refractivity contribution >= 4 is 40.4 Å². The molecule has 0 radical (unpaired) electrons. The quantitative estimate of drug-likeness (QED) is 0.536. The van der Waals surface area contributed by atoms with Gasteiger partial charge in [-0.05, 0) is 40.8 Å². The third-order valence-corrected chi connectivity index (χ3v) is 2.97. The zero-order chi connectivity index (χ0) is 14.4. The summed E-state index contributed by atoms with van der Waals surface area (Å²) in [5, 5.41) is 22.2. The Labute approximate surface area is 122 Å². The molecular weight excluding hydrogens is 367 g/mol. The Hall–Kier alpha value is -1.84. The smallest absolute Gasteiger partial charge is 0.322 e. The van der Waals surface area contributed by atoms with Gasteiger partial charge in [0.1, 0.15) is 12.3 Å². The number of benzene rings is 1. The average Bonchev–Trinajstić information content (AvgIpc) is 2.36. The molecule has 2 amide bonds. The van der Waals surface area contributed by atoms with Gasteiger partial charge in [-0.25, -0.2) is 0 Å². The van der Waals surface area contributed by atoms with Gasteiger partial charge in [0.15, 0.2) is 0 Å². The van der Waals surface area contributed by atoms with E-state index >= 15 is 0 Å². The second-order valence-electron chi connectivity index (χ2n) is 3.52. The number of carbonyl (C=O) groups excluding carboxylic acids is 2. The zero-order valence-corrected chi connectivity index (χ0v) is 11.8. The molecule has 0 aliphatic rings. The third-order valence-electron chi connectivity index (χ3n) is 2.05. The Bertz CT molecular complexity index is 518. The van der Waals surface area contributed by atoms with Crippen LogP contribution in [0, 0.1) is 3.57 Å². The molecule has 102 valence electrons. The van der Waals surface area contributed by atoms with Gasteiger partial charge in [-0.2, -0.15) is 0 Å². The first-order chi connectivity index (χ1) is 8.90. The first-order valence-corrected chi connectivity index (χ1v) is 6.23. The summed E-state index contributed by atoms with van der Waals surface area (Å²) in [6, 6.07) is 4.35. The maximum absolute atomic E-state index is 11.6. The average molecular weight is 378 g/mol. The van der Waals surface area contributed by atoms with Crippen molar-refractivity contribution in [2.24, 2.45) is 0 Å². The van der Waals surface area contributed by atoms with Crippen molar-refractivity contribution in [2.45, 2.75) is 0 Å². The molecule has 0 aliphatic carbocycles. The number of amides is 2. The topological polar surface area (TPSA) is 116 Å². The van der Waals surface area contributed by atoms with Crippen LogP contribution >= 0.6 is 22.6 Å². The van der Waals surface area contributed by atoms with Crippen molar-refractivity contribution in [3.63, 3.8) is 0 Å². The van der Waals surface area contributed by atoms with E-state index < -0.39 is 24.3 Å². The highest BCUT2D eigenvalue weighted by Crippen LogP contribution is 2.20. The minimum atomic E-state index is -1.16. The number of phenolic OH excluding ortho intramolecular Hbond substituents is 1. The molecule has 8 heteroatoms. The molecular formula is C11H11IN2O5. The lowest BCUT2D eigenvalue weighted by atomic mass is 10.2. The first kappa shape index (κ1) is 15.2. The van der Waals surface area contributed by atoms with Crippen molar-refractivity contribution in [1.29, 1.82) is 0 Å². The first-order valence-electron chi connectivity index (χ1n) is 5.15. The molecule has 0 saturated heterocycles. The monoisotopic (exact) mass is 378 g/mol. The van der Waals surface area contributed by atoms with E-state index in [1.807, 2.05) is 22.6 Å². The van der Waals surface area contributed by atoms with Gasteiger partial charge in [-0.15, -0.1) is 0 Å². The summed E-state index contributed by atoms with van der Waals surface area (Å²) in [5.41, 5.74) is 0.212. The number of carbonyl (C=O) groups is 3. The Morgan fingerprint density at radius 1 is 1.16 bits per heavy atom. The van der Waals surface area contributed by atoms with Crippen molar-refractivity contribution in [3.05, 3.63) is 27.3 Å². The fourth-order valence-electron chi connectivity index (χ4n) is 1.15. The molecule has 1 aromatic carbocycles. The van der Waals surface area contributed by atoms with Crippen molar-refractivity contribution < 1.29 is 24.6 Å². The summed E-state index contributed by atoms with van der Waals surface area (Å²) < 4.78 is 0.605. The molecule has 0 fully saturated rings. The number of carboxylic acid groups (broad SMARTS) is 1. The molecule has 19 heavy (non-hydrogen) atoms. The third kappa shape index (κ3) is 5.12. The van der Waals surface area contributed by atoms with E-state index in [0.29, 0.717) is 3.57 Å². The largest absolute Gasteiger partial charge is 0.507 e. The van der Waals surface area contributed by atoms with Gasteiger partial charge >= 0.3 is 5.97 Å². The molecule has 0 heterocycles. The van der Waals surface area contributed by atoms with Crippen LogP contribution in [0.1, 0.15) is 10.4 Å². The molecule has 1 aromatic rings. The van der Waals surface area contributed by atoms with E-state index in [1.54, 1.807) is 6.07 Å². The van der Waals surface area contributed by atoms with E-state index in [0.717, 1.165) is 0 Å². The van der Waals surface area contributed by atoms with Gasteiger partial charge in [-0.1, -0.05) is 0 Å². The van der Waals surface area contributed by atoms with Gasteiger partial charge in [0.25, 0.3) is 5.91 Å². The second kappa shape index (κ2) is 6.92. The number of phenols is 1. The van der Waals surface area contributed by atoms with Crippen LogP contribution in [0.25, 0.3) is 0 Å². The zero-order valence-electron chi connectivity index (χ0n) is 9.64. The van der Waals surface area contributed by atoms with E-state index in [1.165, 1.54) is 12.1 Å².